The zero-order chi connectivity index (χ0) is 27.6. The molecule has 4 aromatic rings. The molecular formula is C28H19ClF4O5. The SMILES string of the molecule is CC(C)c1ccccc1Oc1c(C(F)(F)F)oc2cc(OC(=O)/C=C/c3c(F)cccc3Cl)ccc2c1=O. The van der Waals surface area contributed by atoms with Gasteiger partial charge in [0.1, 0.15) is 22.9 Å². The number of benzene rings is 3. The molecule has 0 amide bonds. The van der Waals surface area contributed by atoms with E-state index in [4.69, 9.17) is 25.5 Å². The van der Waals surface area contributed by atoms with Crippen LogP contribution in [0.3, 0.4) is 0 Å². The molecule has 38 heavy (non-hydrogen) atoms. The van der Waals surface area contributed by atoms with Crippen molar-refractivity contribution in [2.24, 2.45) is 0 Å². The summed E-state index contributed by atoms with van der Waals surface area (Å²) in [4.78, 5) is 25.3. The molecule has 1 aromatic heterocycles. The molecule has 0 aliphatic carbocycles. The summed E-state index contributed by atoms with van der Waals surface area (Å²) in [5.41, 5.74) is -0.966. The van der Waals surface area contributed by atoms with Crippen LogP contribution in [0.15, 0.2) is 76.0 Å². The Morgan fingerprint density at radius 2 is 1.79 bits per heavy atom. The van der Waals surface area contributed by atoms with Gasteiger partial charge in [0.15, 0.2) is 0 Å². The molecule has 5 nitrogen and oxygen atoms in total. The van der Waals surface area contributed by atoms with E-state index in [1.165, 1.54) is 24.3 Å². The van der Waals surface area contributed by atoms with E-state index in [9.17, 15) is 27.2 Å². The van der Waals surface area contributed by atoms with Gasteiger partial charge in [0, 0.05) is 17.7 Å². The lowest BCUT2D eigenvalue weighted by atomic mass is 10.0. The average Bonchev–Trinajstić information content (AvgIpc) is 2.84. The summed E-state index contributed by atoms with van der Waals surface area (Å²) in [7, 11) is 0. The summed E-state index contributed by atoms with van der Waals surface area (Å²) < 4.78 is 71.2. The maximum atomic E-state index is 13.9. The number of ether oxygens (including phenoxy) is 2. The van der Waals surface area contributed by atoms with Crippen molar-refractivity contribution < 1.29 is 36.2 Å². The standard InChI is InChI=1S/C28H19ClF4O5/c1-15(2)17-6-3-4-9-22(17)37-26-25(35)19-11-10-16(14-23(19)38-27(26)28(31,32)33)36-24(34)13-12-18-20(29)7-5-8-21(18)30/h3-15H,1-2H3/b13-12+. The highest BCUT2D eigenvalue weighted by molar-refractivity contribution is 6.32. The summed E-state index contributed by atoms with van der Waals surface area (Å²) >= 11 is 5.91. The zero-order valence-corrected chi connectivity index (χ0v) is 20.7. The molecule has 196 valence electrons. The molecule has 10 heteroatoms. The van der Waals surface area contributed by atoms with Crippen molar-refractivity contribution in [3.63, 3.8) is 0 Å². The number of rotatable bonds is 6. The number of hydrogen-bond acceptors (Lipinski definition) is 5. The van der Waals surface area contributed by atoms with E-state index in [2.05, 4.69) is 0 Å². The average molecular weight is 547 g/mol. The van der Waals surface area contributed by atoms with Gasteiger partial charge in [0.05, 0.1) is 10.4 Å². The number of halogens is 5. The van der Waals surface area contributed by atoms with Crippen LogP contribution in [-0.4, -0.2) is 5.97 Å². The number of alkyl halides is 3. The Bertz CT molecular complexity index is 1590. The fourth-order valence-corrected chi connectivity index (χ4v) is 3.86. The highest BCUT2D eigenvalue weighted by atomic mass is 35.5. The van der Waals surface area contributed by atoms with Crippen LogP contribution < -0.4 is 14.9 Å². The Balaban J connectivity index is 1.70. The van der Waals surface area contributed by atoms with E-state index >= 15 is 0 Å². The van der Waals surface area contributed by atoms with E-state index in [1.807, 2.05) is 13.8 Å². The van der Waals surface area contributed by atoms with E-state index < -0.39 is 40.5 Å². The normalized spacial score (nSPS) is 11.9. The number of para-hydroxylation sites is 1. The Morgan fingerprint density at radius 1 is 1.05 bits per heavy atom. The van der Waals surface area contributed by atoms with Crippen LogP contribution in [-0.2, 0) is 11.0 Å². The van der Waals surface area contributed by atoms with Crippen molar-refractivity contribution in [3.05, 3.63) is 105 Å². The molecule has 1 heterocycles. The number of hydrogen-bond donors (Lipinski definition) is 0. The summed E-state index contributed by atoms with van der Waals surface area (Å²) in [6.07, 6.45) is -3.07. The smallest absolute Gasteiger partial charge is 0.449 e. The molecule has 0 radical (unpaired) electrons. The second-order valence-electron chi connectivity index (χ2n) is 8.43. The van der Waals surface area contributed by atoms with Crippen LogP contribution >= 0.6 is 11.6 Å². The van der Waals surface area contributed by atoms with E-state index in [-0.39, 0.29) is 33.4 Å². The van der Waals surface area contributed by atoms with E-state index in [0.29, 0.717) is 5.56 Å². The van der Waals surface area contributed by atoms with Crippen molar-refractivity contribution in [1.82, 2.24) is 0 Å². The Labute approximate surface area is 218 Å². The van der Waals surface area contributed by atoms with Crippen LogP contribution in [0, 0.1) is 5.82 Å². The molecule has 0 saturated heterocycles. The number of fused-ring (bicyclic) bond motifs is 1. The number of carbonyl (C=O) groups excluding carboxylic acids is 1. The fraction of sp³-hybridized carbons (Fsp3) is 0.143. The lowest BCUT2D eigenvalue weighted by Crippen LogP contribution is -2.16. The largest absolute Gasteiger partial charge is 0.453 e. The lowest BCUT2D eigenvalue weighted by Gasteiger charge is -2.16. The minimum Gasteiger partial charge on any atom is -0.449 e. The summed E-state index contributed by atoms with van der Waals surface area (Å²) in [6, 6.07) is 13.7. The van der Waals surface area contributed by atoms with Crippen LogP contribution in [0.25, 0.3) is 17.0 Å². The Kier molecular flexibility index (Phi) is 7.59. The minimum absolute atomic E-state index is 0.0444. The Morgan fingerprint density at radius 3 is 2.47 bits per heavy atom. The molecule has 0 atom stereocenters. The first-order chi connectivity index (χ1) is 18.0. The molecule has 0 N–H and O–H groups in total. The van der Waals surface area contributed by atoms with Crippen molar-refractivity contribution >= 4 is 34.6 Å². The quantitative estimate of drug-likeness (QED) is 0.106. The van der Waals surface area contributed by atoms with Crippen molar-refractivity contribution in [3.8, 4) is 17.2 Å². The van der Waals surface area contributed by atoms with Crippen LogP contribution in [0.5, 0.6) is 17.2 Å². The molecule has 4 rings (SSSR count). The summed E-state index contributed by atoms with van der Waals surface area (Å²) in [5, 5.41) is -0.154. The summed E-state index contributed by atoms with van der Waals surface area (Å²) in [5.74, 6) is -4.48. The van der Waals surface area contributed by atoms with Crippen molar-refractivity contribution in [1.29, 1.82) is 0 Å². The van der Waals surface area contributed by atoms with Crippen molar-refractivity contribution in [2.75, 3.05) is 0 Å². The van der Waals surface area contributed by atoms with Gasteiger partial charge in [-0.15, -0.1) is 0 Å². The molecule has 0 unspecified atom stereocenters. The maximum absolute atomic E-state index is 13.9. The second-order valence-corrected chi connectivity index (χ2v) is 8.84. The van der Waals surface area contributed by atoms with Crippen LogP contribution in [0.2, 0.25) is 5.02 Å². The molecule has 0 saturated carbocycles. The highest BCUT2D eigenvalue weighted by Crippen LogP contribution is 2.40. The topological polar surface area (TPSA) is 65.7 Å². The highest BCUT2D eigenvalue weighted by Gasteiger charge is 2.40. The van der Waals surface area contributed by atoms with Gasteiger partial charge in [0.25, 0.3) is 5.76 Å². The first-order valence-corrected chi connectivity index (χ1v) is 11.6. The summed E-state index contributed by atoms with van der Waals surface area (Å²) in [6.45, 7) is 3.66. The minimum atomic E-state index is -5.07. The maximum Gasteiger partial charge on any atom is 0.453 e. The fourth-order valence-electron chi connectivity index (χ4n) is 3.63. The first kappa shape index (κ1) is 26.9. The van der Waals surface area contributed by atoms with Gasteiger partial charge in [-0.1, -0.05) is 49.7 Å². The predicted molar refractivity (Wildman–Crippen MR) is 134 cm³/mol. The number of carbonyl (C=O) groups is 1. The van der Waals surface area contributed by atoms with Gasteiger partial charge < -0.3 is 13.9 Å². The van der Waals surface area contributed by atoms with Gasteiger partial charge in [-0.2, -0.15) is 13.2 Å². The molecule has 0 aliphatic heterocycles. The predicted octanol–water partition coefficient (Wildman–Crippen LogP) is 8.14. The first-order valence-electron chi connectivity index (χ1n) is 11.2. The molecule has 0 spiro atoms. The molecule has 0 aliphatic rings. The van der Waals surface area contributed by atoms with Crippen LogP contribution in [0.4, 0.5) is 17.6 Å². The van der Waals surface area contributed by atoms with Gasteiger partial charge in [0.2, 0.25) is 11.2 Å². The van der Waals surface area contributed by atoms with Gasteiger partial charge in [-0.05, 0) is 47.9 Å². The Hall–Kier alpha value is -4.11. The van der Waals surface area contributed by atoms with Gasteiger partial charge in [-0.3, -0.25) is 4.79 Å². The van der Waals surface area contributed by atoms with Crippen LogP contribution in [0.1, 0.15) is 36.7 Å². The third-order valence-corrected chi connectivity index (χ3v) is 5.77. The monoisotopic (exact) mass is 546 g/mol. The number of esters is 1. The third kappa shape index (κ3) is 5.73. The second kappa shape index (κ2) is 10.7. The molecular weight excluding hydrogens is 528 g/mol. The zero-order valence-electron chi connectivity index (χ0n) is 19.9. The molecule has 3 aromatic carbocycles. The molecule has 0 fully saturated rings. The van der Waals surface area contributed by atoms with Gasteiger partial charge >= 0.3 is 12.1 Å². The van der Waals surface area contributed by atoms with E-state index in [0.717, 1.165) is 30.4 Å². The lowest BCUT2D eigenvalue weighted by molar-refractivity contribution is -0.154. The van der Waals surface area contributed by atoms with E-state index in [1.54, 1.807) is 18.2 Å². The van der Waals surface area contributed by atoms with Crippen molar-refractivity contribution in [2.45, 2.75) is 25.9 Å². The van der Waals surface area contributed by atoms with Gasteiger partial charge in [-0.25, -0.2) is 9.18 Å². The third-order valence-electron chi connectivity index (χ3n) is 5.44. The molecule has 0 bridgehead atoms.